The van der Waals surface area contributed by atoms with Gasteiger partial charge in [0.15, 0.2) is 0 Å². The average Bonchev–Trinajstić information content (AvgIpc) is 3.31. The first-order valence-corrected chi connectivity index (χ1v) is 12.1. The topological polar surface area (TPSA) is 254 Å². The van der Waals surface area contributed by atoms with Crippen LogP contribution in [-0.2, 0) is 35.2 Å². The molecule has 0 bridgehead atoms. The van der Waals surface area contributed by atoms with Crippen LogP contribution in [0.1, 0.15) is 31.4 Å². The van der Waals surface area contributed by atoms with Crippen molar-refractivity contribution in [2.45, 2.75) is 56.3 Å². The summed E-state index contributed by atoms with van der Waals surface area (Å²) >= 11 is 1.35. The number of aromatic nitrogens is 2. The SMILES string of the molecule is CSCCC(NC(=O)C(CC(=O)O)NC(=O)C(Cc1cnc[nH]1)NC(=O)C(N)CCC(=O)O)C(=O)O. The fourth-order valence-corrected chi connectivity index (χ4v) is 3.41. The predicted octanol–water partition coefficient (Wildman–Crippen LogP) is -2.09. The van der Waals surface area contributed by atoms with Crippen molar-refractivity contribution in [3.63, 3.8) is 0 Å². The van der Waals surface area contributed by atoms with Crippen molar-refractivity contribution in [1.82, 2.24) is 25.9 Å². The van der Waals surface area contributed by atoms with Crippen molar-refractivity contribution in [2.75, 3.05) is 12.0 Å². The van der Waals surface area contributed by atoms with Gasteiger partial charge in [-0.15, -0.1) is 0 Å². The highest BCUT2D eigenvalue weighted by Crippen LogP contribution is 2.05. The van der Waals surface area contributed by atoms with Crippen LogP contribution in [0, 0.1) is 0 Å². The van der Waals surface area contributed by atoms with Gasteiger partial charge in [0.05, 0.1) is 18.8 Å². The number of aliphatic carboxylic acids is 3. The molecule has 0 radical (unpaired) electrons. The number of H-pyrrole nitrogens is 1. The highest BCUT2D eigenvalue weighted by molar-refractivity contribution is 7.98. The Balaban J connectivity index is 3.03. The van der Waals surface area contributed by atoms with Crippen LogP contribution in [0.15, 0.2) is 12.5 Å². The molecule has 0 saturated carbocycles. The molecule has 3 amide bonds. The van der Waals surface area contributed by atoms with Gasteiger partial charge >= 0.3 is 17.9 Å². The first-order chi connectivity index (χ1) is 16.9. The molecule has 0 spiro atoms. The quantitative estimate of drug-likeness (QED) is 0.108. The summed E-state index contributed by atoms with van der Waals surface area (Å²) in [7, 11) is 0. The van der Waals surface area contributed by atoms with E-state index in [1.807, 2.05) is 0 Å². The second kappa shape index (κ2) is 15.4. The van der Waals surface area contributed by atoms with Crippen molar-refractivity contribution in [3.8, 4) is 0 Å². The standard InChI is InChI=1S/C20H30N6O9S/c1-36-5-4-12(20(34)35)24-19(33)14(7-16(29)30)26-18(32)13(6-10-8-22-9-23-10)25-17(31)11(21)2-3-15(27)28/h8-9,11-14H,2-7,21H2,1H3,(H,22,23)(H,24,33)(H,25,31)(H,26,32)(H,27,28)(H,29,30)(H,34,35). The number of imidazole rings is 1. The maximum atomic E-state index is 13.0. The summed E-state index contributed by atoms with van der Waals surface area (Å²) in [4.78, 5) is 78.1. The number of hydrogen-bond donors (Lipinski definition) is 8. The van der Waals surface area contributed by atoms with Crippen LogP contribution in [0.2, 0.25) is 0 Å². The van der Waals surface area contributed by atoms with Crippen molar-refractivity contribution < 1.29 is 44.1 Å². The van der Waals surface area contributed by atoms with Gasteiger partial charge in [0, 0.05) is 24.7 Å². The number of aromatic amines is 1. The van der Waals surface area contributed by atoms with E-state index in [0.29, 0.717) is 11.4 Å². The number of nitrogens with two attached hydrogens (primary N) is 1. The number of carboxylic acids is 3. The van der Waals surface area contributed by atoms with Gasteiger partial charge in [-0.1, -0.05) is 0 Å². The molecule has 9 N–H and O–H groups in total. The van der Waals surface area contributed by atoms with Crippen molar-refractivity contribution in [2.24, 2.45) is 5.73 Å². The van der Waals surface area contributed by atoms with E-state index in [1.165, 1.54) is 24.3 Å². The summed E-state index contributed by atoms with van der Waals surface area (Å²) in [5, 5.41) is 34.1. The number of nitrogens with one attached hydrogen (secondary N) is 4. The Bertz CT molecular complexity index is 927. The van der Waals surface area contributed by atoms with E-state index in [0.717, 1.165) is 0 Å². The fraction of sp³-hybridized carbons (Fsp3) is 0.550. The molecule has 0 aliphatic carbocycles. The van der Waals surface area contributed by atoms with E-state index in [2.05, 4.69) is 25.9 Å². The third-order valence-corrected chi connectivity index (χ3v) is 5.50. The monoisotopic (exact) mass is 530 g/mol. The lowest BCUT2D eigenvalue weighted by Crippen LogP contribution is -2.58. The minimum atomic E-state index is -1.65. The van der Waals surface area contributed by atoms with Crippen LogP contribution in [-0.4, -0.2) is 97.1 Å². The minimum Gasteiger partial charge on any atom is -0.481 e. The second-order valence-corrected chi connectivity index (χ2v) is 8.71. The predicted molar refractivity (Wildman–Crippen MR) is 126 cm³/mol. The van der Waals surface area contributed by atoms with E-state index in [1.54, 1.807) is 6.26 Å². The van der Waals surface area contributed by atoms with Crippen LogP contribution in [0.25, 0.3) is 0 Å². The van der Waals surface area contributed by atoms with E-state index in [4.69, 9.17) is 10.8 Å². The van der Waals surface area contributed by atoms with Crippen LogP contribution >= 0.6 is 11.8 Å². The zero-order valence-corrected chi connectivity index (χ0v) is 20.2. The summed E-state index contributed by atoms with van der Waals surface area (Å²) < 4.78 is 0. The molecule has 0 aromatic carbocycles. The van der Waals surface area contributed by atoms with Gasteiger partial charge in [-0.05, 0) is 24.9 Å². The smallest absolute Gasteiger partial charge is 0.326 e. The Morgan fingerprint density at radius 1 is 0.944 bits per heavy atom. The van der Waals surface area contributed by atoms with E-state index in [9.17, 15) is 39.0 Å². The van der Waals surface area contributed by atoms with E-state index >= 15 is 0 Å². The molecule has 36 heavy (non-hydrogen) atoms. The zero-order chi connectivity index (χ0) is 27.3. The molecule has 1 rings (SSSR count). The van der Waals surface area contributed by atoms with Crippen LogP contribution < -0.4 is 21.7 Å². The van der Waals surface area contributed by atoms with Gasteiger partial charge in [0.25, 0.3) is 0 Å². The molecule has 4 atom stereocenters. The Morgan fingerprint density at radius 3 is 2.08 bits per heavy atom. The highest BCUT2D eigenvalue weighted by Gasteiger charge is 2.32. The highest BCUT2D eigenvalue weighted by atomic mass is 32.2. The Labute approximate surface area is 210 Å². The lowest BCUT2D eigenvalue weighted by atomic mass is 10.1. The van der Waals surface area contributed by atoms with Crippen LogP contribution in [0.4, 0.5) is 0 Å². The largest absolute Gasteiger partial charge is 0.481 e. The average molecular weight is 531 g/mol. The summed E-state index contributed by atoms with van der Waals surface area (Å²) in [6.07, 6.45) is 2.95. The first-order valence-electron chi connectivity index (χ1n) is 10.7. The molecule has 1 heterocycles. The molecular formula is C20H30N6O9S. The van der Waals surface area contributed by atoms with Gasteiger partial charge in [0.1, 0.15) is 18.1 Å². The summed E-state index contributed by atoms with van der Waals surface area (Å²) in [5.41, 5.74) is 6.11. The maximum Gasteiger partial charge on any atom is 0.326 e. The third kappa shape index (κ3) is 11.2. The van der Waals surface area contributed by atoms with E-state index < -0.39 is 66.2 Å². The molecule has 1 aromatic rings. The van der Waals surface area contributed by atoms with Crippen LogP contribution in [0.3, 0.4) is 0 Å². The molecule has 1 aromatic heterocycles. The summed E-state index contributed by atoms with van der Waals surface area (Å²) in [5.74, 6) is -6.31. The number of amides is 3. The lowest BCUT2D eigenvalue weighted by molar-refractivity contribution is -0.144. The van der Waals surface area contributed by atoms with Gasteiger partial charge < -0.3 is 42.0 Å². The van der Waals surface area contributed by atoms with Crippen molar-refractivity contribution in [3.05, 3.63) is 18.2 Å². The molecule has 16 heteroatoms. The number of carbonyl (C=O) groups is 6. The van der Waals surface area contributed by atoms with Crippen molar-refractivity contribution in [1.29, 1.82) is 0 Å². The van der Waals surface area contributed by atoms with E-state index in [-0.39, 0.29) is 25.7 Å². The molecular weight excluding hydrogens is 500 g/mol. The minimum absolute atomic E-state index is 0.0721. The number of carbonyl (C=O) groups excluding carboxylic acids is 3. The number of rotatable bonds is 17. The molecule has 15 nitrogen and oxygen atoms in total. The maximum absolute atomic E-state index is 13.0. The second-order valence-electron chi connectivity index (χ2n) is 7.72. The molecule has 0 saturated heterocycles. The number of carboxylic acid groups (broad SMARTS) is 3. The molecule has 0 aliphatic heterocycles. The Hall–Kier alpha value is -3.66. The molecule has 200 valence electrons. The van der Waals surface area contributed by atoms with Gasteiger partial charge in [-0.25, -0.2) is 9.78 Å². The zero-order valence-electron chi connectivity index (χ0n) is 19.4. The van der Waals surface area contributed by atoms with Gasteiger partial charge in [-0.2, -0.15) is 11.8 Å². The van der Waals surface area contributed by atoms with Gasteiger partial charge in [0.2, 0.25) is 17.7 Å². The Kier molecular flexibility index (Phi) is 13.0. The lowest BCUT2D eigenvalue weighted by Gasteiger charge is -2.24. The summed E-state index contributed by atoms with van der Waals surface area (Å²) in [6, 6.07) is -5.53. The van der Waals surface area contributed by atoms with Gasteiger partial charge in [-0.3, -0.25) is 24.0 Å². The third-order valence-electron chi connectivity index (χ3n) is 4.85. The normalized spacial score (nSPS) is 14.1. The number of nitrogens with zero attached hydrogens (tertiary/aromatic N) is 1. The Morgan fingerprint density at radius 2 is 1.56 bits per heavy atom. The fourth-order valence-electron chi connectivity index (χ4n) is 2.94. The molecule has 0 fully saturated rings. The number of hydrogen-bond acceptors (Lipinski definition) is 9. The molecule has 4 unspecified atom stereocenters. The van der Waals surface area contributed by atoms with Crippen molar-refractivity contribution >= 4 is 47.4 Å². The van der Waals surface area contributed by atoms with Crippen LogP contribution in [0.5, 0.6) is 0 Å². The first kappa shape index (κ1) is 30.4. The molecule has 0 aliphatic rings. The number of thioether (sulfide) groups is 1. The summed E-state index contributed by atoms with van der Waals surface area (Å²) in [6.45, 7) is 0.